The second-order valence-corrected chi connectivity index (χ2v) is 4.78. The van der Waals surface area contributed by atoms with Crippen LogP contribution < -0.4 is 0 Å². The molecule has 0 spiro atoms. The molecule has 0 aliphatic heterocycles. The minimum atomic E-state index is 1.18. The molecule has 0 fully saturated rings. The molecule has 1 radical (unpaired) electrons. The summed E-state index contributed by atoms with van der Waals surface area (Å²) in [6.45, 7) is 4.28. The van der Waals surface area contributed by atoms with Gasteiger partial charge in [-0.25, -0.2) is 0 Å². The highest BCUT2D eigenvalue weighted by molar-refractivity contribution is 5.87. The summed E-state index contributed by atoms with van der Waals surface area (Å²) in [5, 5.41) is 2.42. The number of benzene rings is 3. The minimum Gasteiger partial charge on any atom is -0.0616 e. The van der Waals surface area contributed by atoms with Crippen LogP contribution in [0.1, 0.15) is 11.1 Å². The first kappa shape index (κ1) is 11.0. The van der Waals surface area contributed by atoms with Crippen molar-refractivity contribution in [1.29, 1.82) is 0 Å². The number of hydrogen-bond donors (Lipinski definition) is 0. The fraction of sp³-hybridized carbons (Fsp3) is 0.111. The molecule has 3 aromatic carbocycles. The van der Waals surface area contributed by atoms with E-state index in [4.69, 9.17) is 0 Å². The Bertz CT molecular complexity index is 708. The highest BCUT2D eigenvalue weighted by Gasteiger charge is 2.03. The molecule has 0 heterocycles. The first-order chi connectivity index (χ1) is 8.74. The highest BCUT2D eigenvalue weighted by Crippen LogP contribution is 2.27. The van der Waals surface area contributed by atoms with E-state index in [1.807, 2.05) is 0 Å². The van der Waals surface area contributed by atoms with Crippen molar-refractivity contribution < 1.29 is 0 Å². The van der Waals surface area contributed by atoms with E-state index in [0.29, 0.717) is 0 Å². The molecule has 0 saturated heterocycles. The van der Waals surface area contributed by atoms with Crippen molar-refractivity contribution in [2.24, 2.45) is 0 Å². The van der Waals surface area contributed by atoms with Gasteiger partial charge in [-0.2, -0.15) is 0 Å². The molecule has 0 aliphatic carbocycles. The normalized spacial score (nSPS) is 10.8. The Balaban J connectivity index is 2.22. The van der Waals surface area contributed by atoms with Gasteiger partial charge in [0.05, 0.1) is 0 Å². The van der Waals surface area contributed by atoms with Gasteiger partial charge in [-0.1, -0.05) is 60.2 Å². The third kappa shape index (κ3) is 1.91. The van der Waals surface area contributed by atoms with Crippen molar-refractivity contribution in [3.63, 3.8) is 0 Å². The van der Waals surface area contributed by atoms with Crippen molar-refractivity contribution >= 4 is 10.8 Å². The number of aryl methyl sites for hydroxylation is 2. The molecule has 3 aromatic rings. The molecular weight excluding hydrogens is 216 g/mol. The average Bonchev–Trinajstić information content (AvgIpc) is 2.41. The van der Waals surface area contributed by atoms with Crippen LogP contribution in [0.25, 0.3) is 21.9 Å². The Labute approximate surface area is 108 Å². The average molecular weight is 231 g/mol. The standard InChI is InChI=1S/C18H15/c1-13-7-8-14(2)18(11-13)17-10-9-15-5-3-4-6-16(15)12-17/h3-11H,1-2H3. The number of rotatable bonds is 1. The first-order valence-corrected chi connectivity index (χ1v) is 6.23. The zero-order valence-electron chi connectivity index (χ0n) is 10.7. The molecule has 87 valence electrons. The molecule has 0 atom stereocenters. The topological polar surface area (TPSA) is 0 Å². The summed E-state index contributed by atoms with van der Waals surface area (Å²) in [5.41, 5.74) is 5.04. The lowest BCUT2D eigenvalue weighted by atomic mass is 9.96. The van der Waals surface area contributed by atoms with Gasteiger partial charge in [0.2, 0.25) is 0 Å². The summed E-state index contributed by atoms with van der Waals surface area (Å²) >= 11 is 0. The van der Waals surface area contributed by atoms with Gasteiger partial charge >= 0.3 is 0 Å². The van der Waals surface area contributed by atoms with Crippen molar-refractivity contribution in [2.45, 2.75) is 13.8 Å². The monoisotopic (exact) mass is 231 g/mol. The molecule has 0 nitrogen and oxygen atoms in total. The first-order valence-electron chi connectivity index (χ1n) is 6.23. The lowest BCUT2D eigenvalue weighted by molar-refractivity contribution is 1.39. The molecule has 0 unspecified atom stereocenters. The summed E-state index contributed by atoms with van der Waals surface area (Å²) in [5.74, 6) is 0. The maximum absolute atomic E-state index is 3.51. The van der Waals surface area contributed by atoms with Crippen LogP contribution in [0, 0.1) is 19.9 Å². The third-order valence-corrected chi connectivity index (χ3v) is 3.34. The molecule has 0 amide bonds. The minimum absolute atomic E-state index is 1.18. The van der Waals surface area contributed by atoms with Gasteiger partial charge in [0.1, 0.15) is 0 Å². The number of hydrogen-bond acceptors (Lipinski definition) is 0. The molecule has 18 heavy (non-hydrogen) atoms. The fourth-order valence-corrected chi connectivity index (χ4v) is 2.30. The molecule has 0 aromatic heterocycles. The van der Waals surface area contributed by atoms with Crippen molar-refractivity contribution in [2.75, 3.05) is 0 Å². The Morgan fingerprint density at radius 3 is 2.56 bits per heavy atom. The third-order valence-electron chi connectivity index (χ3n) is 3.34. The van der Waals surface area contributed by atoms with Gasteiger partial charge in [0, 0.05) is 0 Å². The fourth-order valence-electron chi connectivity index (χ4n) is 2.30. The van der Waals surface area contributed by atoms with Crippen LogP contribution in [0.4, 0.5) is 0 Å². The van der Waals surface area contributed by atoms with E-state index in [0.717, 1.165) is 0 Å². The summed E-state index contributed by atoms with van der Waals surface area (Å²) in [6.07, 6.45) is 0. The zero-order valence-corrected chi connectivity index (χ0v) is 10.7. The summed E-state index contributed by atoms with van der Waals surface area (Å²) < 4.78 is 0. The van der Waals surface area contributed by atoms with Crippen LogP contribution in [0.3, 0.4) is 0 Å². The molecule has 0 bridgehead atoms. The molecule has 0 N–H and O–H groups in total. The van der Waals surface area contributed by atoms with Crippen LogP contribution in [0.5, 0.6) is 0 Å². The SMILES string of the molecule is Cc1ccc(C)c(-c2[c]c3ccccc3cc2)c1. The van der Waals surface area contributed by atoms with Gasteiger partial charge in [0.25, 0.3) is 0 Å². The van der Waals surface area contributed by atoms with Gasteiger partial charge in [-0.05, 0) is 47.4 Å². The molecule has 3 rings (SSSR count). The summed E-state index contributed by atoms with van der Waals surface area (Å²) in [7, 11) is 0. The lowest BCUT2D eigenvalue weighted by Gasteiger charge is -2.08. The molecule has 0 aliphatic rings. The lowest BCUT2D eigenvalue weighted by Crippen LogP contribution is -1.85. The van der Waals surface area contributed by atoms with Crippen LogP contribution in [0.15, 0.2) is 54.6 Å². The maximum Gasteiger partial charge on any atom is -0.00142 e. The molecule has 0 saturated carbocycles. The van der Waals surface area contributed by atoms with Crippen molar-refractivity contribution in [1.82, 2.24) is 0 Å². The van der Waals surface area contributed by atoms with E-state index in [9.17, 15) is 0 Å². The second kappa shape index (κ2) is 4.30. The molecule has 0 heteroatoms. The quantitative estimate of drug-likeness (QED) is 0.557. The largest absolute Gasteiger partial charge is 0.0616 e. The van der Waals surface area contributed by atoms with Crippen molar-refractivity contribution in [3.8, 4) is 11.1 Å². The van der Waals surface area contributed by atoms with Crippen LogP contribution >= 0.6 is 0 Å². The second-order valence-electron chi connectivity index (χ2n) is 4.78. The van der Waals surface area contributed by atoms with Gasteiger partial charge < -0.3 is 0 Å². The van der Waals surface area contributed by atoms with E-state index in [1.54, 1.807) is 0 Å². The van der Waals surface area contributed by atoms with E-state index in [2.05, 4.69) is 74.5 Å². The van der Waals surface area contributed by atoms with E-state index in [-0.39, 0.29) is 0 Å². The van der Waals surface area contributed by atoms with Crippen LogP contribution in [0.2, 0.25) is 0 Å². The van der Waals surface area contributed by atoms with Gasteiger partial charge in [-0.3, -0.25) is 0 Å². The van der Waals surface area contributed by atoms with Crippen molar-refractivity contribution in [3.05, 3.63) is 71.8 Å². The van der Waals surface area contributed by atoms with Gasteiger partial charge in [-0.15, -0.1) is 0 Å². The Morgan fingerprint density at radius 2 is 1.67 bits per heavy atom. The summed E-state index contributed by atoms with van der Waals surface area (Å²) in [6, 6.07) is 22.8. The van der Waals surface area contributed by atoms with E-state index >= 15 is 0 Å². The predicted octanol–water partition coefficient (Wildman–Crippen LogP) is 4.92. The maximum atomic E-state index is 3.51. The predicted molar refractivity (Wildman–Crippen MR) is 77.7 cm³/mol. The Morgan fingerprint density at radius 1 is 0.833 bits per heavy atom. The highest BCUT2D eigenvalue weighted by atomic mass is 14.1. The number of fused-ring (bicyclic) bond motifs is 1. The Kier molecular flexibility index (Phi) is 2.64. The van der Waals surface area contributed by atoms with Crippen LogP contribution in [-0.4, -0.2) is 0 Å². The summed E-state index contributed by atoms with van der Waals surface area (Å²) in [4.78, 5) is 0. The smallest absolute Gasteiger partial charge is 0.00142 e. The molecular formula is C18H15. The Hall–Kier alpha value is -2.08. The van der Waals surface area contributed by atoms with E-state index < -0.39 is 0 Å². The van der Waals surface area contributed by atoms with Gasteiger partial charge in [0.15, 0.2) is 0 Å². The zero-order chi connectivity index (χ0) is 12.5. The van der Waals surface area contributed by atoms with Crippen LogP contribution in [-0.2, 0) is 0 Å². The van der Waals surface area contributed by atoms with E-state index in [1.165, 1.54) is 33.0 Å².